The lowest BCUT2D eigenvalue weighted by molar-refractivity contribution is 0.101. The van der Waals surface area contributed by atoms with E-state index >= 15 is 0 Å². The average molecular weight is 379 g/mol. The lowest BCUT2D eigenvalue weighted by Gasteiger charge is -2.28. The summed E-state index contributed by atoms with van der Waals surface area (Å²) in [6, 6.07) is 4.42. The summed E-state index contributed by atoms with van der Waals surface area (Å²) in [5.41, 5.74) is 0.0362. The fourth-order valence-corrected chi connectivity index (χ4v) is 2.80. The van der Waals surface area contributed by atoms with Crippen LogP contribution in [0.25, 0.3) is 0 Å². The highest BCUT2D eigenvalue weighted by Gasteiger charge is 2.29. The van der Waals surface area contributed by atoms with Crippen molar-refractivity contribution in [2.75, 3.05) is 19.0 Å². The number of anilines is 1. The van der Waals surface area contributed by atoms with E-state index < -0.39 is 35.4 Å². The number of rotatable bonds is 3. The quantitative estimate of drug-likeness (QED) is 0.767. The first-order chi connectivity index (χ1) is 12.9. The Balaban J connectivity index is 1.93. The molecule has 9 heteroatoms. The molecule has 1 aliphatic rings. The SMILES string of the molecule is CNC(=O)N[C@H]1CCOc2c1ccc(F)c2C(=O)Nc1ccc(F)c(F)c1. The number of carbonyl (C=O) groups excluding carboxylic acids is 2. The number of fused-ring (bicyclic) bond motifs is 1. The number of hydrogen-bond donors (Lipinski definition) is 3. The zero-order valence-corrected chi connectivity index (χ0v) is 14.2. The second-order valence-corrected chi connectivity index (χ2v) is 5.84. The molecule has 2 aromatic carbocycles. The molecule has 0 radical (unpaired) electrons. The van der Waals surface area contributed by atoms with Crippen LogP contribution in [0, 0.1) is 17.5 Å². The first-order valence-electron chi connectivity index (χ1n) is 8.10. The molecule has 0 saturated heterocycles. The van der Waals surface area contributed by atoms with Crippen molar-refractivity contribution in [3.8, 4) is 5.75 Å². The van der Waals surface area contributed by atoms with E-state index in [0.29, 0.717) is 12.0 Å². The summed E-state index contributed by atoms with van der Waals surface area (Å²) in [7, 11) is 1.46. The highest BCUT2D eigenvalue weighted by Crippen LogP contribution is 2.36. The number of carbonyl (C=O) groups is 2. The minimum atomic E-state index is -1.14. The van der Waals surface area contributed by atoms with Gasteiger partial charge in [0.25, 0.3) is 5.91 Å². The van der Waals surface area contributed by atoms with Crippen molar-refractivity contribution in [3.05, 3.63) is 58.9 Å². The molecule has 0 aromatic heterocycles. The largest absolute Gasteiger partial charge is 0.492 e. The maximum absolute atomic E-state index is 14.4. The number of amides is 3. The molecule has 6 nitrogen and oxygen atoms in total. The molecule has 0 bridgehead atoms. The highest BCUT2D eigenvalue weighted by molar-refractivity contribution is 6.06. The normalized spacial score (nSPS) is 15.3. The summed E-state index contributed by atoms with van der Waals surface area (Å²) in [5.74, 6) is -3.93. The highest BCUT2D eigenvalue weighted by atomic mass is 19.2. The second kappa shape index (κ2) is 7.56. The van der Waals surface area contributed by atoms with Crippen molar-refractivity contribution in [2.24, 2.45) is 0 Å². The molecule has 3 N–H and O–H groups in total. The van der Waals surface area contributed by atoms with E-state index in [1.165, 1.54) is 13.1 Å². The van der Waals surface area contributed by atoms with Gasteiger partial charge in [-0.25, -0.2) is 18.0 Å². The molecule has 0 fully saturated rings. The fourth-order valence-electron chi connectivity index (χ4n) is 2.80. The molecule has 142 valence electrons. The number of nitrogens with one attached hydrogen (secondary N) is 3. The van der Waals surface area contributed by atoms with Gasteiger partial charge in [0.15, 0.2) is 11.6 Å². The Hall–Kier alpha value is -3.23. The van der Waals surface area contributed by atoms with Gasteiger partial charge in [0, 0.05) is 30.8 Å². The zero-order valence-electron chi connectivity index (χ0n) is 14.2. The third-order valence-electron chi connectivity index (χ3n) is 4.10. The van der Waals surface area contributed by atoms with Gasteiger partial charge in [-0.15, -0.1) is 0 Å². The van der Waals surface area contributed by atoms with Gasteiger partial charge in [0.05, 0.1) is 12.6 Å². The third-order valence-corrected chi connectivity index (χ3v) is 4.10. The van der Waals surface area contributed by atoms with E-state index in [0.717, 1.165) is 24.3 Å². The van der Waals surface area contributed by atoms with Gasteiger partial charge in [-0.1, -0.05) is 6.07 Å². The van der Waals surface area contributed by atoms with E-state index in [-0.39, 0.29) is 23.6 Å². The molecular formula is C18H16F3N3O3. The third kappa shape index (κ3) is 3.81. The Kier molecular flexibility index (Phi) is 5.20. The molecule has 1 atom stereocenters. The molecule has 3 rings (SSSR count). The van der Waals surface area contributed by atoms with Crippen molar-refractivity contribution < 1.29 is 27.5 Å². The van der Waals surface area contributed by atoms with E-state index in [4.69, 9.17) is 4.74 Å². The summed E-state index contributed by atoms with van der Waals surface area (Å²) in [4.78, 5) is 24.1. The Bertz CT molecular complexity index is 905. The van der Waals surface area contributed by atoms with Gasteiger partial charge in [-0.3, -0.25) is 4.79 Å². The minimum absolute atomic E-state index is 0.00253. The minimum Gasteiger partial charge on any atom is -0.492 e. The van der Waals surface area contributed by atoms with Crippen LogP contribution in [0.2, 0.25) is 0 Å². The maximum atomic E-state index is 14.4. The van der Waals surface area contributed by atoms with Crippen molar-refractivity contribution >= 4 is 17.6 Å². The number of halogens is 3. The van der Waals surface area contributed by atoms with Crippen LogP contribution < -0.4 is 20.7 Å². The molecule has 0 aliphatic carbocycles. The van der Waals surface area contributed by atoms with Crippen LogP contribution in [0.4, 0.5) is 23.7 Å². The maximum Gasteiger partial charge on any atom is 0.315 e. The van der Waals surface area contributed by atoms with Crippen molar-refractivity contribution in [1.82, 2.24) is 10.6 Å². The zero-order chi connectivity index (χ0) is 19.6. The standard InChI is InChI=1S/C18H16F3N3O3/c1-22-18(26)24-14-6-7-27-16-10(14)3-5-12(20)15(16)17(25)23-9-2-4-11(19)13(21)8-9/h2-5,8,14H,6-7H2,1H3,(H,23,25)(H2,22,24,26)/t14-/m0/s1. The van der Waals surface area contributed by atoms with Gasteiger partial charge in [0.1, 0.15) is 17.1 Å². The van der Waals surface area contributed by atoms with E-state index in [1.807, 2.05) is 0 Å². The summed E-state index contributed by atoms with van der Waals surface area (Å²) >= 11 is 0. The van der Waals surface area contributed by atoms with Crippen molar-refractivity contribution in [3.63, 3.8) is 0 Å². The Morgan fingerprint density at radius 1 is 1.07 bits per heavy atom. The van der Waals surface area contributed by atoms with Crippen LogP contribution in [0.5, 0.6) is 5.75 Å². The molecule has 3 amide bonds. The molecule has 0 saturated carbocycles. The molecule has 27 heavy (non-hydrogen) atoms. The first-order valence-corrected chi connectivity index (χ1v) is 8.10. The van der Waals surface area contributed by atoms with Gasteiger partial charge in [-0.05, 0) is 18.2 Å². The van der Waals surface area contributed by atoms with Crippen LogP contribution >= 0.6 is 0 Å². The van der Waals surface area contributed by atoms with Gasteiger partial charge in [-0.2, -0.15) is 0 Å². The molecule has 1 aliphatic heterocycles. The van der Waals surface area contributed by atoms with Crippen LogP contribution in [0.3, 0.4) is 0 Å². The molecule has 2 aromatic rings. The average Bonchev–Trinajstić information content (AvgIpc) is 2.64. The second-order valence-electron chi connectivity index (χ2n) is 5.84. The summed E-state index contributed by atoms with van der Waals surface area (Å²) in [5, 5.41) is 7.44. The van der Waals surface area contributed by atoms with Crippen LogP contribution in [0.1, 0.15) is 28.4 Å². The monoisotopic (exact) mass is 379 g/mol. The predicted octanol–water partition coefficient (Wildman–Crippen LogP) is 3.11. The lowest BCUT2D eigenvalue weighted by atomic mass is 9.96. The van der Waals surface area contributed by atoms with Gasteiger partial charge in [0.2, 0.25) is 0 Å². The Morgan fingerprint density at radius 2 is 1.81 bits per heavy atom. The number of ether oxygens (including phenoxy) is 1. The summed E-state index contributed by atoms with van der Waals surface area (Å²) < 4.78 is 46.2. The molecule has 0 spiro atoms. The number of urea groups is 1. The topological polar surface area (TPSA) is 79.5 Å². The van der Waals surface area contributed by atoms with E-state index in [9.17, 15) is 22.8 Å². The smallest absolute Gasteiger partial charge is 0.315 e. The van der Waals surface area contributed by atoms with Crippen LogP contribution in [-0.2, 0) is 0 Å². The van der Waals surface area contributed by atoms with E-state index in [2.05, 4.69) is 16.0 Å². The van der Waals surface area contributed by atoms with Gasteiger partial charge < -0.3 is 20.7 Å². The van der Waals surface area contributed by atoms with Crippen LogP contribution in [0.15, 0.2) is 30.3 Å². The number of benzene rings is 2. The Morgan fingerprint density at radius 3 is 2.52 bits per heavy atom. The van der Waals surface area contributed by atoms with Crippen LogP contribution in [-0.4, -0.2) is 25.6 Å². The fraction of sp³-hybridized carbons (Fsp3) is 0.222. The molecular weight excluding hydrogens is 363 g/mol. The number of hydrogen-bond acceptors (Lipinski definition) is 3. The van der Waals surface area contributed by atoms with E-state index in [1.54, 1.807) is 0 Å². The van der Waals surface area contributed by atoms with Crippen molar-refractivity contribution in [2.45, 2.75) is 12.5 Å². The van der Waals surface area contributed by atoms with Gasteiger partial charge >= 0.3 is 6.03 Å². The molecule has 0 unspecified atom stereocenters. The predicted molar refractivity (Wildman–Crippen MR) is 91.2 cm³/mol. The first kappa shape index (κ1) is 18.6. The van der Waals surface area contributed by atoms with Crippen molar-refractivity contribution in [1.29, 1.82) is 0 Å². The Labute approximate surface area is 152 Å². The molecule has 1 heterocycles. The lowest BCUT2D eigenvalue weighted by Crippen LogP contribution is -2.38. The summed E-state index contributed by atoms with van der Waals surface area (Å²) in [6.07, 6.45) is 0.441. The summed E-state index contributed by atoms with van der Waals surface area (Å²) in [6.45, 7) is 0.163.